The van der Waals surface area contributed by atoms with Crippen molar-refractivity contribution >= 4 is 15.8 Å². The SMILES string of the molecule is CCOc1cccc(-c2cccc(S(=O)(=O)Cc3ccc(C(=O)OC)c(O)c3)c2)c1. The zero-order valence-electron chi connectivity index (χ0n) is 16.7. The minimum absolute atomic E-state index is 0.0187. The molecule has 0 fully saturated rings. The molecule has 6 nitrogen and oxygen atoms in total. The first kappa shape index (κ1) is 21.4. The molecule has 3 aromatic carbocycles. The molecule has 1 N–H and O–H groups in total. The highest BCUT2D eigenvalue weighted by Gasteiger charge is 2.19. The molecule has 30 heavy (non-hydrogen) atoms. The van der Waals surface area contributed by atoms with Crippen LogP contribution in [0.15, 0.2) is 71.6 Å². The molecular weight excluding hydrogens is 404 g/mol. The number of hydrogen-bond donors (Lipinski definition) is 1. The predicted octanol–water partition coefficient (Wildman–Crippen LogP) is 4.22. The molecule has 0 aromatic heterocycles. The predicted molar refractivity (Wildman–Crippen MR) is 113 cm³/mol. The average molecular weight is 426 g/mol. The van der Waals surface area contributed by atoms with E-state index in [1.807, 2.05) is 37.3 Å². The number of ether oxygens (including phenoxy) is 2. The molecular formula is C23H22O6S. The Labute approximate surface area is 175 Å². The number of esters is 1. The summed E-state index contributed by atoms with van der Waals surface area (Å²) in [6.07, 6.45) is 0. The molecule has 0 spiro atoms. The maximum atomic E-state index is 12.9. The van der Waals surface area contributed by atoms with Crippen molar-refractivity contribution < 1.29 is 27.8 Å². The summed E-state index contributed by atoms with van der Waals surface area (Å²) < 4.78 is 36.0. The van der Waals surface area contributed by atoms with Crippen molar-refractivity contribution in [1.29, 1.82) is 0 Å². The number of methoxy groups -OCH3 is 1. The third kappa shape index (κ3) is 4.80. The van der Waals surface area contributed by atoms with Crippen LogP contribution < -0.4 is 4.74 Å². The zero-order chi connectivity index (χ0) is 21.7. The van der Waals surface area contributed by atoms with Crippen LogP contribution in [0.5, 0.6) is 11.5 Å². The third-order valence-corrected chi connectivity index (χ3v) is 6.18. The fourth-order valence-corrected chi connectivity index (χ4v) is 4.43. The summed E-state index contributed by atoms with van der Waals surface area (Å²) in [5.41, 5.74) is 1.94. The Kier molecular flexibility index (Phi) is 6.42. The first-order valence-corrected chi connectivity index (χ1v) is 11.0. The molecule has 0 aliphatic carbocycles. The number of aromatic hydroxyl groups is 1. The number of sulfone groups is 1. The van der Waals surface area contributed by atoms with Crippen LogP contribution in [0.4, 0.5) is 0 Å². The number of carbonyl (C=O) groups excluding carboxylic acids is 1. The Balaban J connectivity index is 1.89. The van der Waals surface area contributed by atoms with E-state index < -0.39 is 15.8 Å². The molecule has 156 valence electrons. The number of phenols is 1. The number of rotatable bonds is 7. The summed E-state index contributed by atoms with van der Waals surface area (Å²) >= 11 is 0. The summed E-state index contributed by atoms with van der Waals surface area (Å²) in [5, 5.41) is 10.0. The van der Waals surface area contributed by atoms with Crippen molar-refractivity contribution in [1.82, 2.24) is 0 Å². The van der Waals surface area contributed by atoms with Gasteiger partial charge in [-0.05, 0) is 60.0 Å². The zero-order valence-corrected chi connectivity index (χ0v) is 17.5. The lowest BCUT2D eigenvalue weighted by Crippen LogP contribution is -2.06. The van der Waals surface area contributed by atoms with Gasteiger partial charge in [0.1, 0.15) is 17.1 Å². The van der Waals surface area contributed by atoms with Gasteiger partial charge in [0, 0.05) is 0 Å². The van der Waals surface area contributed by atoms with Gasteiger partial charge in [-0.3, -0.25) is 0 Å². The highest BCUT2D eigenvalue weighted by Crippen LogP contribution is 2.28. The van der Waals surface area contributed by atoms with Crippen LogP contribution in [0.25, 0.3) is 11.1 Å². The summed E-state index contributed by atoms with van der Waals surface area (Å²) in [6.45, 7) is 2.44. The molecule has 0 unspecified atom stereocenters. The normalized spacial score (nSPS) is 11.1. The van der Waals surface area contributed by atoms with Gasteiger partial charge in [-0.15, -0.1) is 0 Å². The number of phenolic OH excluding ortho intramolecular Hbond substituents is 1. The van der Waals surface area contributed by atoms with Crippen molar-refractivity contribution in [2.24, 2.45) is 0 Å². The van der Waals surface area contributed by atoms with E-state index >= 15 is 0 Å². The van der Waals surface area contributed by atoms with Crippen molar-refractivity contribution in [2.45, 2.75) is 17.6 Å². The van der Waals surface area contributed by atoms with Gasteiger partial charge in [-0.2, -0.15) is 0 Å². The lowest BCUT2D eigenvalue weighted by Gasteiger charge is -2.10. The Morgan fingerprint density at radius 2 is 1.67 bits per heavy atom. The van der Waals surface area contributed by atoms with Gasteiger partial charge >= 0.3 is 5.97 Å². The average Bonchev–Trinajstić information content (AvgIpc) is 2.73. The van der Waals surface area contributed by atoms with Crippen LogP contribution in [0.1, 0.15) is 22.8 Å². The minimum Gasteiger partial charge on any atom is -0.507 e. The molecule has 0 saturated carbocycles. The van der Waals surface area contributed by atoms with Crippen LogP contribution in [0.3, 0.4) is 0 Å². The molecule has 0 amide bonds. The topological polar surface area (TPSA) is 89.9 Å². The lowest BCUT2D eigenvalue weighted by atomic mass is 10.1. The standard InChI is InChI=1S/C23H22O6S/c1-3-29-19-8-4-6-17(13-19)18-7-5-9-20(14-18)30(26,27)15-16-10-11-21(22(24)12-16)23(25)28-2/h4-14,24H,3,15H2,1-2H3. The van der Waals surface area contributed by atoms with Crippen LogP contribution in [0, 0.1) is 0 Å². The van der Waals surface area contributed by atoms with Crippen molar-refractivity contribution in [3.05, 3.63) is 77.9 Å². The highest BCUT2D eigenvalue weighted by atomic mass is 32.2. The van der Waals surface area contributed by atoms with Gasteiger partial charge < -0.3 is 14.6 Å². The fraction of sp³-hybridized carbons (Fsp3) is 0.174. The molecule has 3 aromatic rings. The van der Waals surface area contributed by atoms with Crippen LogP contribution in [-0.4, -0.2) is 33.2 Å². The first-order chi connectivity index (χ1) is 14.3. The summed E-state index contributed by atoms with van der Waals surface area (Å²) in [6, 6.07) is 18.2. The maximum absolute atomic E-state index is 12.9. The molecule has 7 heteroatoms. The fourth-order valence-electron chi connectivity index (χ4n) is 3.05. The molecule has 0 atom stereocenters. The molecule has 0 aliphatic rings. The second-order valence-electron chi connectivity index (χ2n) is 6.59. The van der Waals surface area contributed by atoms with Gasteiger partial charge in [0.15, 0.2) is 9.84 Å². The van der Waals surface area contributed by atoms with Crippen LogP contribution in [0.2, 0.25) is 0 Å². The first-order valence-electron chi connectivity index (χ1n) is 9.30. The maximum Gasteiger partial charge on any atom is 0.341 e. The molecule has 3 rings (SSSR count). The molecule has 0 heterocycles. The van der Waals surface area contributed by atoms with Gasteiger partial charge in [0.05, 0.1) is 24.4 Å². The van der Waals surface area contributed by atoms with E-state index in [2.05, 4.69) is 4.74 Å². The minimum atomic E-state index is -3.68. The Hall–Kier alpha value is -3.32. The smallest absolute Gasteiger partial charge is 0.341 e. The highest BCUT2D eigenvalue weighted by molar-refractivity contribution is 7.90. The Bertz CT molecular complexity index is 1170. The number of carbonyl (C=O) groups is 1. The molecule has 0 saturated heterocycles. The second-order valence-corrected chi connectivity index (χ2v) is 8.58. The number of hydrogen-bond acceptors (Lipinski definition) is 6. The number of benzene rings is 3. The summed E-state index contributed by atoms with van der Waals surface area (Å²) in [4.78, 5) is 11.7. The third-order valence-electron chi connectivity index (χ3n) is 4.50. The Morgan fingerprint density at radius 1 is 0.967 bits per heavy atom. The summed E-state index contributed by atoms with van der Waals surface area (Å²) in [7, 11) is -2.47. The van der Waals surface area contributed by atoms with E-state index in [4.69, 9.17) is 4.74 Å². The van der Waals surface area contributed by atoms with E-state index in [9.17, 15) is 18.3 Å². The van der Waals surface area contributed by atoms with Crippen LogP contribution >= 0.6 is 0 Å². The van der Waals surface area contributed by atoms with E-state index in [1.165, 1.54) is 31.4 Å². The Morgan fingerprint density at radius 3 is 2.33 bits per heavy atom. The monoisotopic (exact) mass is 426 g/mol. The quantitative estimate of drug-likeness (QED) is 0.569. The van der Waals surface area contributed by atoms with E-state index in [0.717, 1.165) is 11.1 Å². The van der Waals surface area contributed by atoms with Gasteiger partial charge in [0.25, 0.3) is 0 Å². The van der Waals surface area contributed by atoms with E-state index in [-0.39, 0.29) is 22.0 Å². The van der Waals surface area contributed by atoms with Crippen molar-refractivity contribution in [3.63, 3.8) is 0 Å². The summed E-state index contributed by atoms with van der Waals surface area (Å²) in [5.74, 6) is -0.617. The largest absolute Gasteiger partial charge is 0.507 e. The van der Waals surface area contributed by atoms with E-state index in [1.54, 1.807) is 12.1 Å². The van der Waals surface area contributed by atoms with Crippen LogP contribution in [-0.2, 0) is 20.3 Å². The molecule has 0 aliphatic heterocycles. The van der Waals surface area contributed by atoms with Crippen molar-refractivity contribution in [2.75, 3.05) is 13.7 Å². The van der Waals surface area contributed by atoms with E-state index in [0.29, 0.717) is 17.9 Å². The molecule has 0 radical (unpaired) electrons. The lowest BCUT2D eigenvalue weighted by molar-refractivity contribution is 0.0597. The van der Waals surface area contributed by atoms with Gasteiger partial charge in [-0.1, -0.05) is 30.3 Å². The second kappa shape index (κ2) is 9.00. The van der Waals surface area contributed by atoms with Gasteiger partial charge in [-0.25, -0.2) is 13.2 Å². The molecule has 0 bridgehead atoms. The van der Waals surface area contributed by atoms with Gasteiger partial charge in [0.2, 0.25) is 0 Å². The van der Waals surface area contributed by atoms with Crippen molar-refractivity contribution in [3.8, 4) is 22.6 Å².